The maximum absolute atomic E-state index is 12.0. The molecule has 2 aromatic carbocycles. The second kappa shape index (κ2) is 7.58. The minimum absolute atomic E-state index is 0.123. The van der Waals surface area contributed by atoms with Crippen molar-refractivity contribution in [3.8, 4) is 0 Å². The molecule has 0 aliphatic carbocycles. The van der Waals surface area contributed by atoms with E-state index in [-0.39, 0.29) is 5.92 Å². The van der Waals surface area contributed by atoms with Crippen LogP contribution in [-0.2, 0) is 9.59 Å². The number of carboxylic acid groups (broad SMARTS) is 1. The summed E-state index contributed by atoms with van der Waals surface area (Å²) >= 11 is 0. The zero-order chi connectivity index (χ0) is 16.8. The normalized spacial score (nSPS) is 13.8. The molecule has 2 atom stereocenters. The van der Waals surface area contributed by atoms with Gasteiger partial charge in [0.05, 0.1) is 0 Å². The number of carbonyl (C=O) groups is 2. The van der Waals surface area contributed by atoms with Gasteiger partial charge in [-0.2, -0.15) is 0 Å². The fraction of sp³-hybridized carbons (Fsp3) is 0.263. The van der Waals surface area contributed by atoms with Crippen LogP contribution in [0.1, 0.15) is 25.8 Å². The van der Waals surface area contributed by atoms with Crippen molar-refractivity contribution in [3.63, 3.8) is 0 Å². The first-order chi connectivity index (χ1) is 11.0. The summed E-state index contributed by atoms with van der Waals surface area (Å²) < 4.78 is 0. The van der Waals surface area contributed by atoms with E-state index in [4.69, 9.17) is 0 Å². The number of carbonyl (C=O) groups excluding carboxylic acids is 1. The Morgan fingerprint density at radius 1 is 1.17 bits per heavy atom. The minimum Gasteiger partial charge on any atom is -0.480 e. The van der Waals surface area contributed by atoms with Crippen molar-refractivity contribution >= 4 is 28.7 Å². The fourth-order valence-corrected chi connectivity index (χ4v) is 2.45. The highest BCUT2D eigenvalue weighted by atomic mass is 16.4. The Kier molecular flexibility index (Phi) is 5.52. The highest BCUT2D eigenvalue weighted by molar-refractivity contribution is 5.98. The Balaban J connectivity index is 2.15. The second-order valence-electron chi connectivity index (χ2n) is 5.61. The van der Waals surface area contributed by atoms with Gasteiger partial charge in [0.1, 0.15) is 6.04 Å². The molecular weight excluding hydrogens is 290 g/mol. The Labute approximate surface area is 135 Å². The molecule has 2 aromatic rings. The van der Waals surface area contributed by atoms with Crippen LogP contribution in [0.25, 0.3) is 16.8 Å². The molecule has 2 N–H and O–H groups in total. The average molecular weight is 311 g/mol. The van der Waals surface area contributed by atoms with E-state index in [9.17, 15) is 14.7 Å². The zero-order valence-electron chi connectivity index (χ0n) is 13.3. The van der Waals surface area contributed by atoms with Crippen LogP contribution >= 0.6 is 0 Å². The van der Waals surface area contributed by atoms with Crippen molar-refractivity contribution in [1.82, 2.24) is 5.32 Å². The van der Waals surface area contributed by atoms with Crippen LogP contribution < -0.4 is 5.32 Å². The molecule has 0 saturated heterocycles. The maximum atomic E-state index is 12.0. The van der Waals surface area contributed by atoms with Crippen molar-refractivity contribution in [2.75, 3.05) is 0 Å². The van der Waals surface area contributed by atoms with E-state index in [0.717, 1.165) is 16.3 Å². The lowest BCUT2D eigenvalue weighted by molar-refractivity contribution is -0.142. The van der Waals surface area contributed by atoms with Gasteiger partial charge in [-0.25, -0.2) is 4.79 Å². The van der Waals surface area contributed by atoms with Crippen LogP contribution in [-0.4, -0.2) is 23.0 Å². The molecule has 0 bridgehead atoms. The number of benzene rings is 2. The smallest absolute Gasteiger partial charge is 0.326 e. The number of hydrogen-bond donors (Lipinski definition) is 2. The number of hydrogen-bond acceptors (Lipinski definition) is 2. The van der Waals surface area contributed by atoms with Gasteiger partial charge in [-0.1, -0.05) is 62.7 Å². The number of fused-ring (bicyclic) bond motifs is 1. The highest BCUT2D eigenvalue weighted by Gasteiger charge is 2.24. The number of nitrogens with one attached hydrogen (secondary N) is 1. The molecule has 0 radical (unpaired) electrons. The van der Waals surface area contributed by atoms with Crippen LogP contribution in [0.2, 0.25) is 0 Å². The molecule has 2 rings (SSSR count). The SMILES string of the molecule is CCC(C)C(NC(=O)/C=C/c1cccc2ccccc12)C(=O)O. The predicted molar refractivity (Wildman–Crippen MR) is 92.0 cm³/mol. The number of amides is 1. The van der Waals surface area contributed by atoms with Crippen LogP contribution in [0.3, 0.4) is 0 Å². The van der Waals surface area contributed by atoms with Crippen molar-refractivity contribution in [2.45, 2.75) is 26.3 Å². The van der Waals surface area contributed by atoms with E-state index in [1.807, 2.05) is 56.3 Å². The van der Waals surface area contributed by atoms with Crippen LogP contribution in [0.15, 0.2) is 48.5 Å². The molecule has 0 heterocycles. The van der Waals surface area contributed by atoms with E-state index in [1.165, 1.54) is 6.08 Å². The van der Waals surface area contributed by atoms with Crippen LogP contribution in [0.5, 0.6) is 0 Å². The van der Waals surface area contributed by atoms with E-state index in [2.05, 4.69) is 5.32 Å². The molecule has 120 valence electrons. The molecule has 1 amide bonds. The summed E-state index contributed by atoms with van der Waals surface area (Å²) in [6.45, 7) is 3.71. The number of rotatable bonds is 6. The molecule has 0 saturated carbocycles. The molecular formula is C19H21NO3. The maximum Gasteiger partial charge on any atom is 0.326 e. The summed E-state index contributed by atoms with van der Waals surface area (Å²) in [7, 11) is 0. The topological polar surface area (TPSA) is 66.4 Å². The molecule has 23 heavy (non-hydrogen) atoms. The lowest BCUT2D eigenvalue weighted by Gasteiger charge is -2.19. The van der Waals surface area contributed by atoms with E-state index < -0.39 is 17.9 Å². The third-order valence-electron chi connectivity index (χ3n) is 4.01. The summed E-state index contributed by atoms with van der Waals surface area (Å²) in [6.07, 6.45) is 3.79. The quantitative estimate of drug-likeness (QED) is 0.803. The predicted octanol–water partition coefficient (Wildman–Crippen LogP) is 3.47. The molecule has 0 spiro atoms. The van der Waals surface area contributed by atoms with Gasteiger partial charge in [-0.15, -0.1) is 0 Å². The summed E-state index contributed by atoms with van der Waals surface area (Å²) in [6, 6.07) is 12.9. The first-order valence-electron chi connectivity index (χ1n) is 7.72. The first-order valence-corrected chi connectivity index (χ1v) is 7.72. The van der Waals surface area contributed by atoms with E-state index >= 15 is 0 Å². The lowest BCUT2D eigenvalue weighted by atomic mass is 9.99. The molecule has 0 aliphatic heterocycles. The van der Waals surface area contributed by atoms with Gasteiger partial charge >= 0.3 is 5.97 Å². The van der Waals surface area contributed by atoms with Crippen molar-refractivity contribution in [1.29, 1.82) is 0 Å². The second-order valence-corrected chi connectivity index (χ2v) is 5.61. The van der Waals surface area contributed by atoms with Gasteiger partial charge in [0.25, 0.3) is 0 Å². The first kappa shape index (κ1) is 16.7. The van der Waals surface area contributed by atoms with Gasteiger partial charge in [0, 0.05) is 6.08 Å². The minimum atomic E-state index is -1.01. The zero-order valence-corrected chi connectivity index (χ0v) is 13.3. The van der Waals surface area contributed by atoms with Gasteiger partial charge in [0.2, 0.25) is 5.91 Å². The fourth-order valence-electron chi connectivity index (χ4n) is 2.45. The Morgan fingerprint density at radius 2 is 1.87 bits per heavy atom. The average Bonchev–Trinajstić information content (AvgIpc) is 2.56. The van der Waals surface area contributed by atoms with Crippen molar-refractivity contribution < 1.29 is 14.7 Å². The highest BCUT2D eigenvalue weighted by Crippen LogP contribution is 2.19. The summed E-state index contributed by atoms with van der Waals surface area (Å²) in [4.78, 5) is 23.3. The summed E-state index contributed by atoms with van der Waals surface area (Å²) in [5.74, 6) is -1.53. The molecule has 0 fully saturated rings. The summed E-state index contributed by atoms with van der Waals surface area (Å²) in [5.41, 5.74) is 0.925. The number of aliphatic carboxylic acids is 1. The lowest BCUT2D eigenvalue weighted by Crippen LogP contribution is -2.44. The molecule has 0 aromatic heterocycles. The molecule has 2 unspecified atom stereocenters. The van der Waals surface area contributed by atoms with Crippen LogP contribution in [0.4, 0.5) is 0 Å². The van der Waals surface area contributed by atoms with Gasteiger partial charge in [-0.3, -0.25) is 4.79 Å². The van der Waals surface area contributed by atoms with Gasteiger partial charge in [-0.05, 0) is 28.3 Å². The number of carboxylic acids is 1. The standard InChI is InChI=1S/C19H21NO3/c1-3-13(2)18(19(22)23)20-17(21)12-11-15-9-6-8-14-7-4-5-10-16(14)15/h4-13,18H,3H2,1-2H3,(H,20,21)(H,22,23)/b12-11+. The van der Waals surface area contributed by atoms with Crippen molar-refractivity contribution in [3.05, 3.63) is 54.1 Å². The van der Waals surface area contributed by atoms with E-state index in [0.29, 0.717) is 6.42 Å². The molecule has 4 heteroatoms. The monoisotopic (exact) mass is 311 g/mol. The Bertz CT molecular complexity index is 731. The third kappa shape index (κ3) is 4.19. The Hall–Kier alpha value is -2.62. The van der Waals surface area contributed by atoms with Crippen LogP contribution in [0, 0.1) is 5.92 Å². The Morgan fingerprint density at radius 3 is 2.57 bits per heavy atom. The van der Waals surface area contributed by atoms with Gasteiger partial charge in [0.15, 0.2) is 0 Å². The van der Waals surface area contributed by atoms with Gasteiger partial charge < -0.3 is 10.4 Å². The molecule has 4 nitrogen and oxygen atoms in total. The largest absolute Gasteiger partial charge is 0.480 e. The third-order valence-corrected chi connectivity index (χ3v) is 4.01. The molecule has 0 aliphatic rings. The summed E-state index contributed by atoms with van der Waals surface area (Å²) in [5, 5.41) is 13.9. The van der Waals surface area contributed by atoms with E-state index in [1.54, 1.807) is 6.08 Å². The van der Waals surface area contributed by atoms with Crippen molar-refractivity contribution in [2.24, 2.45) is 5.92 Å².